The molecule has 0 bridgehead atoms. The van der Waals surface area contributed by atoms with E-state index in [2.05, 4.69) is 4.98 Å². The van der Waals surface area contributed by atoms with Crippen molar-refractivity contribution in [3.05, 3.63) is 18.5 Å². The Morgan fingerprint density at radius 3 is 3.00 bits per heavy atom. The van der Waals surface area contributed by atoms with E-state index >= 15 is 0 Å². The Labute approximate surface area is 83.3 Å². The van der Waals surface area contributed by atoms with Crippen LogP contribution < -0.4 is 10.2 Å². The summed E-state index contributed by atoms with van der Waals surface area (Å²) in [5.74, 6) is -0.255. The van der Waals surface area contributed by atoms with Crippen molar-refractivity contribution in [3.63, 3.8) is 0 Å². The van der Waals surface area contributed by atoms with Crippen LogP contribution >= 0.6 is 0 Å². The Bertz CT molecular complexity index is 317. The van der Waals surface area contributed by atoms with Gasteiger partial charge in [-0.3, -0.25) is 9.78 Å². The van der Waals surface area contributed by atoms with Gasteiger partial charge < -0.3 is 9.84 Å². The number of aromatic nitrogens is 1. The summed E-state index contributed by atoms with van der Waals surface area (Å²) >= 11 is 0. The van der Waals surface area contributed by atoms with E-state index in [-0.39, 0.29) is 6.42 Å². The first-order chi connectivity index (χ1) is 6.68. The molecule has 0 saturated carbocycles. The molecule has 0 aliphatic rings. The molecule has 0 aliphatic carbocycles. The van der Waals surface area contributed by atoms with Crippen molar-refractivity contribution in [2.75, 3.05) is 6.61 Å². The number of hydrogen-bond donors (Lipinski definition) is 1. The first kappa shape index (κ1) is 10.6. The van der Waals surface area contributed by atoms with Crippen molar-refractivity contribution in [1.82, 2.24) is 4.98 Å². The minimum absolute atomic E-state index is 0.107. The van der Waals surface area contributed by atoms with E-state index in [9.17, 15) is 4.79 Å². The summed E-state index contributed by atoms with van der Waals surface area (Å²) in [7, 11) is 5.47. The third-order valence-corrected chi connectivity index (χ3v) is 1.54. The number of hydrogen-bond acceptors (Lipinski definition) is 3. The van der Waals surface area contributed by atoms with Gasteiger partial charge in [-0.1, -0.05) is 5.46 Å². The van der Waals surface area contributed by atoms with Crippen LogP contribution in [0, 0.1) is 0 Å². The van der Waals surface area contributed by atoms with Gasteiger partial charge in [0.25, 0.3) is 0 Å². The summed E-state index contributed by atoms with van der Waals surface area (Å²) < 4.78 is 5.23. The molecule has 0 atom stereocenters. The topological polar surface area (TPSA) is 59.4 Å². The van der Waals surface area contributed by atoms with Gasteiger partial charge in [-0.15, -0.1) is 0 Å². The van der Waals surface area contributed by atoms with Crippen LogP contribution in [0.2, 0.25) is 0 Å². The van der Waals surface area contributed by atoms with E-state index in [4.69, 9.17) is 17.7 Å². The van der Waals surface area contributed by atoms with Crippen LogP contribution in [0.15, 0.2) is 18.5 Å². The Hall–Kier alpha value is -1.52. The molecule has 0 unspecified atom stereocenters. The lowest BCUT2D eigenvalue weighted by atomic mass is 9.99. The average Bonchev–Trinajstić information content (AvgIpc) is 2.12. The fourth-order valence-electron chi connectivity index (χ4n) is 0.928. The highest BCUT2D eigenvalue weighted by Gasteiger charge is 1.98. The lowest BCUT2D eigenvalue weighted by molar-refractivity contribution is -0.137. The molecular formula is C9H10BNO3. The number of nitrogens with zero attached hydrogens (tertiary/aromatic N) is 1. The monoisotopic (exact) mass is 191 g/mol. The standard InChI is InChI=1S/C9H10BNO3/c10-7-4-8(6-11-5-7)14-3-1-2-9(12)13/h4-6H,1-3H2,(H,12,13). The molecule has 1 heterocycles. The van der Waals surface area contributed by atoms with Crippen LogP contribution in [0.1, 0.15) is 12.8 Å². The molecule has 1 N–H and O–H groups in total. The summed E-state index contributed by atoms with van der Waals surface area (Å²) in [6.45, 7) is 0.359. The largest absolute Gasteiger partial charge is 0.492 e. The number of ether oxygens (including phenoxy) is 1. The minimum Gasteiger partial charge on any atom is -0.492 e. The zero-order valence-electron chi connectivity index (χ0n) is 7.64. The normalized spacial score (nSPS) is 9.71. The van der Waals surface area contributed by atoms with E-state index in [1.807, 2.05) is 0 Å². The highest BCUT2D eigenvalue weighted by Crippen LogP contribution is 2.05. The van der Waals surface area contributed by atoms with Crippen LogP contribution in [-0.2, 0) is 4.79 Å². The molecule has 14 heavy (non-hydrogen) atoms. The molecule has 1 rings (SSSR count). The van der Waals surface area contributed by atoms with Crippen molar-refractivity contribution >= 4 is 19.3 Å². The number of carboxylic acids is 1. The zero-order valence-corrected chi connectivity index (χ0v) is 7.64. The van der Waals surface area contributed by atoms with Crippen LogP contribution in [-0.4, -0.2) is 30.5 Å². The fourth-order valence-corrected chi connectivity index (χ4v) is 0.928. The van der Waals surface area contributed by atoms with E-state index in [0.717, 1.165) is 0 Å². The predicted molar refractivity (Wildman–Crippen MR) is 52.0 cm³/mol. The molecule has 0 amide bonds. The van der Waals surface area contributed by atoms with Gasteiger partial charge in [0.1, 0.15) is 13.6 Å². The van der Waals surface area contributed by atoms with Gasteiger partial charge in [-0.05, 0) is 12.5 Å². The number of pyridine rings is 1. The maximum Gasteiger partial charge on any atom is 0.303 e. The van der Waals surface area contributed by atoms with Gasteiger partial charge in [0.2, 0.25) is 0 Å². The molecule has 2 radical (unpaired) electrons. The number of rotatable bonds is 5. The second-order valence-corrected chi connectivity index (χ2v) is 2.80. The molecule has 1 aromatic heterocycles. The van der Waals surface area contributed by atoms with Crippen LogP contribution in [0.5, 0.6) is 5.75 Å². The van der Waals surface area contributed by atoms with Crippen molar-refractivity contribution in [1.29, 1.82) is 0 Å². The van der Waals surface area contributed by atoms with E-state index in [1.165, 1.54) is 12.4 Å². The van der Waals surface area contributed by atoms with E-state index < -0.39 is 5.97 Å². The maximum absolute atomic E-state index is 10.2. The van der Waals surface area contributed by atoms with Crippen molar-refractivity contribution in [2.45, 2.75) is 12.8 Å². The van der Waals surface area contributed by atoms with Crippen LogP contribution in [0.4, 0.5) is 0 Å². The van der Waals surface area contributed by atoms with Gasteiger partial charge >= 0.3 is 5.97 Å². The van der Waals surface area contributed by atoms with Gasteiger partial charge in [0.05, 0.1) is 12.8 Å². The quantitative estimate of drug-likeness (QED) is 0.530. The van der Waals surface area contributed by atoms with Crippen LogP contribution in [0.3, 0.4) is 0 Å². The summed E-state index contributed by atoms with van der Waals surface area (Å²) in [6, 6.07) is 1.65. The summed E-state index contributed by atoms with van der Waals surface area (Å²) in [5, 5.41) is 8.37. The highest BCUT2D eigenvalue weighted by molar-refractivity contribution is 6.32. The van der Waals surface area contributed by atoms with Gasteiger partial charge in [-0.2, -0.15) is 0 Å². The number of aliphatic carboxylic acids is 1. The SMILES string of the molecule is [B]c1cncc(OCCCC(=O)O)c1. The van der Waals surface area contributed by atoms with Crippen molar-refractivity contribution in [2.24, 2.45) is 0 Å². The Morgan fingerprint density at radius 1 is 1.57 bits per heavy atom. The van der Waals surface area contributed by atoms with Crippen molar-refractivity contribution in [3.8, 4) is 5.75 Å². The summed E-state index contributed by atoms with van der Waals surface area (Å²) in [6.07, 6.45) is 3.64. The van der Waals surface area contributed by atoms with Crippen molar-refractivity contribution < 1.29 is 14.6 Å². The lowest BCUT2D eigenvalue weighted by Gasteiger charge is -2.04. The third kappa shape index (κ3) is 3.93. The minimum atomic E-state index is -0.820. The Kier molecular flexibility index (Phi) is 3.97. The van der Waals surface area contributed by atoms with E-state index in [0.29, 0.717) is 24.2 Å². The molecule has 0 spiro atoms. The lowest BCUT2D eigenvalue weighted by Crippen LogP contribution is -2.06. The summed E-state index contributed by atoms with van der Waals surface area (Å²) in [5.41, 5.74) is 0.528. The first-order valence-electron chi connectivity index (χ1n) is 4.23. The second kappa shape index (κ2) is 5.27. The van der Waals surface area contributed by atoms with Gasteiger partial charge in [-0.25, -0.2) is 0 Å². The molecule has 0 aromatic carbocycles. The molecule has 0 fully saturated rings. The zero-order chi connectivity index (χ0) is 10.4. The Balaban J connectivity index is 2.28. The summed E-state index contributed by atoms with van der Waals surface area (Å²) in [4.78, 5) is 14.0. The molecule has 4 nitrogen and oxygen atoms in total. The predicted octanol–water partition coefficient (Wildman–Crippen LogP) is 0.119. The maximum atomic E-state index is 10.2. The molecule has 72 valence electrons. The average molecular weight is 191 g/mol. The van der Waals surface area contributed by atoms with Crippen LogP contribution in [0.25, 0.3) is 0 Å². The van der Waals surface area contributed by atoms with Gasteiger partial charge in [0.15, 0.2) is 0 Å². The first-order valence-corrected chi connectivity index (χ1v) is 4.23. The smallest absolute Gasteiger partial charge is 0.303 e. The Morgan fingerprint density at radius 2 is 2.36 bits per heavy atom. The molecule has 5 heteroatoms. The molecule has 1 aromatic rings. The fraction of sp³-hybridized carbons (Fsp3) is 0.333. The second-order valence-electron chi connectivity index (χ2n) is 2.80. The molecule has 0 saturated heterocycles. The number of carbonyl (C=O) groups is 1. The molecule has 0 aliphatic heterocycles. The third-order valence-electron chi connectivity index (χ3n) is 1.54. The highest BCUT2D eigenvalue weighted by atomic mass is 16.5. The molecular weight excluding hydrogens is 181 g/mol. The number of carboxylic acid groups (broad SMARTS) is 1. The van der Waals surface area contributed by atoms with Gasteiger partial charge in [0, 0.05) is 12.6 Å². The van der Waals surface area contributed by atoms with E-state index in [1.54, 1.807) is 6.07 Å².